The summed E-state index contributed by atoms with van der Waals surface area (Å²) in [6, 6.07) is 32.4. The SMILES string of the molecule is CC1(C)CCC(CN2CCN(c3ccc(C(=O)NS(=O)(=O)c4ccc(NC5CCN(C6Cc7cccc8ccc9c(c78)C6CCC9)CC5)c([N+](=O)[O-])c4)c(Oc4cnc5[nH]ccc5c4)c3)CC2)=C(c2ccc(Cl)cc2)C1. The van der Waals surface area contributed by atoms with Crippen LogP contribution >= 0.6 is 11.6 Å². The van der Waals surface area contributed by atoms with E-state index in [0.717, 1.165) is 113 Å². The van der Waals surface area contributed by atoms with Crippen molar-refractivity contribution >= 4 is 72.0 Å². The minimum Gasteiger partial charge on any atom is -0.455 e. The van der Waals surface area contributed by atoms with Crippen molar-refractivity contribution in [1.82, 2.24) is 24.5 Å². The fraction of sp³-hybridized carbons (Fsp3) is 0.367. The average molecular weight is 1060 g/mol. The van der Waals surface area contributed by atoms with Gasteiger partial charge in [0.05, 0.1) is 21.6 Å². The van der Waals surface area contributed by atoms with E-state index in [1.54, 1.807) is 42.2 Å². The van der Waals surface area contributed by atoms with Gasteiger partial charge in [-0.1, -0.05) is 73.5 Å². The predicted octanol–water partition coefficient (Wildman–Crippen LogP) is 11.9. The van der Waals surface area contributed by atoms with Gasteiger partial charge >= 0.3 is 0 Å². The van der Waals surface area contributed by atoms with Crippen molar-refractivity contribution in [2.24, 2.45) is 5.41 Å². The molecule has 2 atom stereocenters. The number of anilines is 2. The lowest BCUT2D eigenvalue weighted by atomic mass is 9.69. The number of sulfonamides is 1. The van der Waals surface area contributed by atoms with Gasteiger partial charge in [-0.05, 0) is 150 Å². The molecule has 16 heteroatoms. The molecular formula is C60H63ClN8O6S. The van der Waals surface area contributed by atoms with Gasteiger partial charge in [0.15, 0.2) is 0 Å². The Balaban J connectivity index is 0.731. The summed E-state index contributed by atoms with van der Waals surface area (Å²) in [5, 5.41) is 20.3. The smallest absolute Gasteiger partial charge is 0.293 e. The minimum atomic E-state index is -4.60. The lowest BCUT2D eigenvalue weighted by Gasteiger charge is -2.46. The number of rotatable bonds is 13. The zero-order chi connectivity index (χ0) is 52.3. The van der Waals surface area contributed by atoms with Crippen LogP contribution in [0.1, 0.15) is 97.3 Å². The second kappa shape index (κ2) is 20.3. The summed E-state index contributed by atoms with van der Waals surface area (Å²) >= 11 is 6.28. The third kappa shape index (κ3) is 10.1. The van der Waals surface area contributed by atoms with E-state index in [1.807, 2.05) is 18.2 Å². The number of likely N-dealkylation sites (tertiary alicyclic amines) is 1. The second-order valence-corrected chi connectivity index (χ2v) is 24.4. The molecule has 4 heterocycles. The van der Waals surface area contributed by atoms with E-state index in [1.165, 1.54) is 63.6 Å². The van der Waals surface area contributed by atoms with Gasteiger partial charge < -0.3 is 19.9 Å². The first kappa shape index (κ1) is 50.1. The van der Waals surface area contributed by atoms with E-state index in [4.69, 9.17) is 16.3 Å². The summed E-state index contributed by atoms with van der Waals surface area (Å²) < 4.78 is 36.7. The molecule has 2 fully saturated rings. The molecule has 3 aliphatic carbocycles. The highest BCUT2D eigenvalue weighted by Gasteiger charge is 2.39. The molecule has 0 bridgehead atoms. The quantitative estimate of drug-likeness (QED) is 0.0743. The number of nitro benzene ring substituents is 1. The van der Waals surface area contributed by atoms with Crippen molar-refractivity contribution in [3.8, 4) is 11.5 Å². The van der Waals surface area contributed by atoms with Gasteiger partial charge in [-0.3, -0.25) is 24.7 Å². The Bertz CT molecular complexity index is 3550. The van der Waals surface area contributed by atoms with Crippen molar-refractivity contribution in [3.63, 3.8) is 0 Å². The van der Waals surface area contributed by atoms with E-state index in [2.05, 4.69) is 91.0 Å². The monoisotopic (exact) mass is 1060 g/mol. The average Bonchev–Trinajstić information content (AvgIpc) is 4.02. The van der Waals surface area contributed by atoms with E-state index in [9.17, 15) is 23.3 Å². The number of allylic oxidation sites excluding steroid dienone is 1. The van der Waals surface area contributed by atoms with Crippen LogP contribution in [0, 0.1) is 15.5 Å². The molecule has 392 valence electrons. The van der Waals surface area contributed by atoms with E-state index < -0.39 is 25.7 Å². The van der Waals surface area contributed by atoms with Crippen LogP contribution in [0.4, 0.5) is 17.1 Å². The minimum absolute atomic E-state index is 0.0282. The molecule has 14 nitrogen and oxygen atoms in total. The number of nitro groups is 1. The molecule has 2 aliphatic heterocycles. The maximum atomic E-state index is 14.2. The van der Waals surface area contributed by atoms with Crippen molar-refractivity contribution in [1.29, 1.82) is 0 Å². The summed E-state index contributed by atoms with van der Waals surface area (Å²) in [6.07, 6.45) is 12.6. The molecule has 76 heavy (non-hydrogen) atoms. The molecule has 2 unspecified atom stereocenters. The highest BCUT2D eigenvalue weighted by Crippen LogP contribution is 2.47. The van der Waals surface area contributed by atoms with Gasteiger partial charge in [0.1, 0.15) is 22.8 Å². The third-order valence-electron chi connectivity index (χ3n) is 16.9. The first-order valence-corrected chi connectivity index (χ1v) is 28.7. The number of H-pyrrole nitrogens is 1. The first-order chi connectivity index (χ1) is 36.7. The summed E-state index contributed by atoms with van der Waals surface area (Å²) in [5.41, 5.74) is 10.1. The second-order valence-electron chi connectivity index (χ2n) is 22.3. The summed E-state index contributed by atoms with van der Waals surface area (Å²) in [5.74, 6) is 0.0420. The largest absolute Gasteiger partial charge is 0.455 e. The molecular weight excluding hydrogens is 996 g/mol. The number of amides is 1. The van der Waals surface area contributed by atoms with Crippen LogP contribution in [0.5, 0.6) is 11.5 Å². The predicted molar refractivity (Wildman–Crippen MR) is 300 cm³/mol. The number of benzene rings is 5. The lowest BCUT2D eigenvalue weighted by Crippen LogP contribution is -2.49. The number of piperazine rings is 1. The number of hydrogen-bond donors (Lipinski definition) is 3. The number of piperidine rings is 1. The highest BCUT2D eigenvalue weighted by molar-refractivity contribution is 7.90. The van der Waals surface area contributed by atoms with Crippen LogP contribution in [0.25, 0.3) is 27.4 Å². The topological polar surface area (TPSA) is 166 Å². The van der Waals surface area contributed by atoms with E-state index in [-0.39, 0.29) is 34.1 Å². The van der Waals surface area contributed by atoms with E-state index >= 15 is 0 Å². The van der Waals surface area contributed by atoms with E-state index in [0.29, 0.717) is 23.4 Å². The molecule has 3 N–H and O–H groups in total. The van der Waals surface area contributed by atoms with Crippen molar-refractivity contribution < 1.29 is 22.9 Å². The Labute approximate surface area is 448 Å². The molecule has 2 aromatic heterocycles. The van der Waals surface area contributed by atoms with Gasteiger partial charge in [-0.25, -0.2) is 18.1 Å². The molecule has 5 aromatic carbocycles. The molecule has 5 aliphatic rings. The number of aromatic nitrogens is 2. The van der Waals surface area contributed by atoms with Crippen LogP contribution in [0.15, 0.2) is 126 Å². The molecule has 0 spiro atoms. The number of aryl methyl sites for hydroxylation is 1. The number of aromatic amines is 1. The Morgan fingerprint density at radius 1 is 0.895 bits per heavy atom. The summed E-state index contributed by atoms with van der Waals surface area (Å²) in [6.45, 7) is 10.4. The Hall–Kier alpha value is -6.78. The van der Waals surface area contributed by atoms with Gasteiger partial charge in [0, 0.05) is 98.2 Å². The lowest BCUT2D eigenvalue weighted by molar-refractivity contribution is -0.384. The Morgan fingerprint density at radius 3 is 2.51 bits per heavy atom. The van der Waals surface area contributed by atoms with Crippen molar-refractivity contribution in [2.75, 3.05) is 56.0 Å². The molecule has 1 amide bonds. The van der Waals surface area contributed by atoms with Crippen LogP contribution in [-0.2, 0) is 22.9 Å². The molecule has 12 rings (SSSR count). The van der Waals surface area contributed by atoms with Crippen molar-refractivity contribution in [2.45, 2.75) is 94.5 Å². The Morgan fingerprint density at radius 2 is 1.71 bits per heavy atom. The Kier molecular flexibility index (Phi) is 13.4. The summed E-state index contributed by atoms with van der Waals surface area (Å²) in [7, 11) is -4.60. The number of ether oxygens (including phenoxy) is 1. The number of nitrogens with one attached hydrogen (secondary N) is 3. The van der Waals surface area contributed by atoms with Crippen LogP contribution in [0.3, 0.4) is 0 Å². The summed E-state index contributed by atoms with van der Waals surface area (Å²) in [4.78, 5) is 40.7. The number of carbonyl (C=O) groups is 1. The molecule has 2 saturated heterocycles. The van der Waals surface area contributed by atoms with Crippen LogP contribution in [-0.4, -0.2) is 96.9 Å². The fourth-order valence-electron chi connectivity index (χ4n) is 12.9. The standard InChI is InChI=1S/C60H63ClN8O6S/c1-60(2)23-19-43(51(35-60)38-11-13-44(61)14-12-38)37-66-27-29-67(30-28-66)46-15-17-50(55(33-46)75-47-31-42-20-24-62-58(42)63-36-47)59(70)65-76(73,74)48-16-18-52(54(34-48)69(71)72)64-45-21-25-68(26-22-45)53-32-41-7-3-5-39-9-10-40-6-4-8-49(53)57(40)56(39)41/h3,5,7,9-18,20,24,31,33-34,36,45,49,53,64H,4,6,8,19,21-23,25-30,32,35,37H2,1-2H3,(H,62,63)(H,65,70). The number of fused-ring (bicyclic) bond motifs is 1. The zero-order valence-electron chi connectivity index (χ0n) is 43.0. The van der Waals surface area contributed by atoms with Gasteiger partial charge in [-0.2, -0.15) is 0 Å². The molecule has 0 radical (unpaired) electrons. The fourth-order valence-corrected chi connectivity index (χ4v) is 14.0. The number of halogens is 1. The normalized spacial score (nSPS) is 20.2. The molecule has 7 aromatic rings. The van der Waals surface area contributed by atoms with Gasteiger partial charge in [0.2, 0.25) is 0 Å². The van der Waals surface area contributed by atoms with Crippen LogP contribution in [0.2, 0.25) is 5.02 Å². The molecule has 0 saturated carbocycles. The maximum absolute atomic E-state index is 14.2. The maximum Gasteiger partial charge on any atom is 0.293 e. The van der Waals surface area contributed by atoms with Crippen LogP contribution < -0.4 is 19.7 Å². The van der Waals surface area contributed by atoms with Gasteiger partial charge in [-0.15, -0.1) is 0 Å². The number of carbonyl (C=O) groups excluding carboxylic acids is 1. The number of hydrogen-bond acceptors (Lipinski definition) is 11. The number of pyridine rings is 1. The van der Waals surface area contributed by atoms with Crippen molar-refractivity contribution in [3.05, 3.63) is 164 Å². The first-order valence-electron chi connectivity index (χ1n) is 26.8. The third-order valence-corrected chi connectivity index (χ3v) is 18.5. The highest BCUT2D eigenvalue weighted by atomic mass is 35.5. The zero-order valence-corrected chi connectivity index (χ0v) is 44.6. The number of nitrogens with zero attached hydrogens (tertiary/aromatic N) is 5. The van der Waals surface area contributed by atoms with Gasteiger partial charge in [0.25, 0.3) is 21.6 Å².